The van der Waals surface area contributed by atoms with E-state index in [9.17, 15) is 34.8 Å². The van der Waals surface area contributed by atoms with Crippen molar-refractivity contribution >= 4 is 45.1 Å². The van der Waals surface area contributed by atoms with Gasteiger partial charge in [-0.3, -0.25) is 19.3 Å². The number of rotatable bonds is 7. The molecule has 0 aliphatic carbocycles. The van der Waals surface area contributed by atoms with E-state index in [0.717, 1.165) is 119 Å². The van der Waals surface area contributed by atoms with Gasteiger partial charge in [0.15, 0.2) is 23.0 Å². The van der Waals surface area contributed by atoms with Crippen molar-refractivity contribution in [1.29, 1.82) is 0 Å². The fraction of sp³-hybridized carbons (Fsp3) is 0.117. The Hall–Kier alpha value is -8.69. The summed E-state index contributed by atoms with van der Waals surface area (Å²) in [6.45, 7) is 4.12. The molecule has 0 saturated carbocycles. The predicted molar refractivity (Wildman–Crippen MR) is 295 cm³/mol. The summed E-state index contributed by atoms with van der Waals surface area (Å²) in [7, 11) is 0. The van der Waals surface area contributed by atoms with E-state index in [0.29, 0.717) is 27.4 Å². The fourth-order valence-electron chi connectivity index (χ4n) is 9.37. The summed E-state index contributed by atoms with van der Waals surface area (Å²) in [6.07, 6.45) is 5.80. The average molecular weight is 1050 g/mol. The maximum Gasteiger partial charge on any atom is 0.257 e. The van der Waals surface area contributed by atoms with Gasteiger partial charge in [-0.05, 0) is 107 Å². The van der Waals surface area contributed by atoms with Crippen LogP contribution in [0.4, 0.5) is 0 Å². The zero-order chi connectivity index (χ0) is 50.4. The van der Waals surface area contributed by atoms with Crippen LogP contribution in [0, 0.1) is 0 Å². The Bertz CT molecular complexity index is 3730. The minimum atomic E-state index is -0.162. The van der Waals surface area contributed by atoms with Crippen LogP contribution in [-0.4, -0.2) is 64.6 Å². The molecule has 0 saturated heterocycles. The Morgan fingerprint density at radius 3 is 1.51 bits per heavy atom. The molecule has 0 fully saturated rings. The minimum absolute atomic E-state index is 0. The molecule has 6 heterocycles. The lowest BCUT2D eigenvalue weighted by Gasteiger charge is -2.29. The molecule has 0 atom stereocenters. The number of pyridine rings is 4. The van der Waals surface area contributed by atoms with E-state index >= 15 is 0 Å². The minimum Gasteiger partial charge on any atom is -0.504 e. The predicted octanol–water partition coefficient (Wildman–Crippen LogP) is 10.6. The first-order valence-electron chi connectivity index (χ1n) is 23.9. The Kier molecular flexibility index (Phi) is 15.2. The highest BCUT2D eigenvalue weighted by Crippen LogP contribution is 2.36. The van der Waals surface area contributed by atoms with Crippen molar-refractivity contribution in [2.45, 2.75) is 32.5 Å². The van der Waals surface area contributed by atoms with Crippen LogP contribution in [0.3, 0.4) is 0 Å². The third kappa shape index (κ3) is 11.0. The second-order valence-corrected chi connectivity index (χ2v) is 18.0. The maximum absolute atomic E-state index is 12.4. The topological polar surface area (TPSA) is 205 Å². The summed E-state index contributed by atoms with van der Waals surface area (Å²) in [5.41, 5.74) is 14.4. The molecule has 0 bridgehead atoms. The lowest BCUT2D eigenvalue weighted by atomic mass is 9.96. The van der Waals surface area contributed by atoms with Gasteiger partial charge < -0.3 is 35.7 Å². The van der Waals surface area contributed by atoms with Crippen LogP contribution in [0.15, 0.2) is 180 Å². The van der Waals surface area contributed by atoms with Crippen LogP contribution >= 0.6 is 17.0 Å². The molecule has 2 aliphatic rings. The number of carbonyl (C=O) groups excluding carboxylic acids is 1. The smallest absolute Gasteiger partial charge is 0.257 e. The van der Waals surface area contributed by atoms with Crippen LogP contribution in [0.2, 0.25) is 0 Å². The summed E-state index contributed by atoms with van der Waals surface area (Å²) in [5, 5.41) is 42.4. The Morgan fingerprint density at radius 2 is 1.00 bits per heavy atom. The summed E-state index contributed by atoms with van der Waals surface area (Å²) in [6, 6.07) is 49.6. The summed E-state index contributed by atoms with van der Waals surface area (Å²) in [5.74, 6) is -0.174. The van der Waals surface area contributed by atoms with Crippen LogP contribution in [-0.2, 0) is 32.5 Å². The van der Waals surface area contributed by atoms with Crippen molar-refractivity contribution in [3.8, 4) is 67.8 Å². The van der Waals surface area contributed by atoms with Gasteiger partial charge in [-0.15, -0.1) is 17.0 Å². The van der Waals surface area contributed by atoms with Crippen molar-refractivity contribution in [2.75, 3.05) is 13.1 Å². The Morgan fingerprint density at radius 1 is 0.527 bits per heavy atom. The third-order valence-electron chi connectivity index (χ3n) is 13.2. The van der Waals surface area contributed by atoms with E-state index in [2.05, 4.69) is 44.5 Å². The molecule has 14 heteroatoms. The molecule has 10 aromatic rings. The number of fused-ring (bicyclic) bond motifs is 4. The van der Waals surface area contributed by atoms with E-state index in [1.807, 2.05) is 91.0 Å². The molecule has 13 nitrogen and oxygen atoms in total. The first-order chi connectivity index (χ1) is 35.6. The van der Waals surface area contributed by atoms with Gasteiger partial charge in [0.1, 0.15) is 6.29 Å². The number of aldehydes is 1. The molecule has 0 amide bonds. The number of hydrogen-bond acceptors (Lipinski definition) is 11. The molecule has 74 heavy (non-hydrogen) atoms. The van der Waals surface area contributed by atoms with Gasteiger partial charge in [0.05, 0.1) is 33.2 Å². The van der Waals surface area contributed by atoms with Gasteiger partial charge in [-0.1, -0.05) is 109 Å². The molecule has 0 radical (unpaired) electrons. The zero-order valence-electron chi connectivity index (χ0n) is 40.0. The van der Waals surface area contributed by atoms with E-state index in [4.69, 9.17) is 9.97 Å². The largest absolute Gasteiger partial charge is 0.504 e. The Labute approximate surface area is 435 Å². The summed E-state index contributed by atoms with van der Waals surface area (Å²) < 4.78 is 0. The molecular formula is C60H51BrN6O7. The fourth-order valence-corrected chi connectivity index (χ4v) is 9.37. The maximum atomic E-state index is 12.4. The highest BCUT2D eigenvalue weighted by molar-refractivity contribution is 8.93. The van der Waals surface area contributed by atoms with Crippen LogP contribution in [0.25, 0.3) is 66.6 Å². The van der Waals surface area contributed by atoms with Crippen molar-refractivity contribution in [3.63, 3.8) is 0 Å². The van der Waals surface area contributed by atoms with Gasteiger partial charge >= 0.3 is 0 Å². The molecule has 0 spiro atoms. The number of nitrogens with zero attached hydrogens (tertiary/aromatic N) is 3. The third-order valence-corrected chi connectivity index (χ3v) is 13.2. The number of aromatic nitrogens is 4. The molecule has 0 unspecified atom stereocenters. The summed E-state index contributed by atoms with van der Waals surface area (Å²) in [4.78, 5) is 52.9. The normalized spacial score (nSPS) is 12.8. The monoisotopic (exact) mass is 1050 g/mol. The average Bonchev–Trinajstić information content (AvgIpc) is 3.42. The number of aromatic amines is 2. The highest BCUT2D eigenvalue weighted by Gasteiger charge is 2.20. The van der Waals surface area contributed by atoms with E-state index in [-0.39, 0.29) is 51.1 Å². The van der Waals surface area contributed by atoms with E-state index in [1.165, 1.54) is 5.56 Å². The molecule has 7 N–H and O–H groups in total. The van der Waals surface area contributed by atoms with Gasteiger partial charge in [0, 0.05) is 66.4 Å². The lowest BCUT2D eigenvalue weighted by molar-refractivity contribution is 0.112. The van der Waals surface area contributed by atoms with Crippen LogP contribution in [0.5, 0.6) is 23.0 Å². The first-order valence-corrected chi connectivity index (χ1v) is 23.9. The zero-order valence-corrected chi connectivity index (χ0v) is 41.7. The van der Waals surface area contributed by atoms with Crippen LogP contribution < -0.4 is 16.4 Å². The van der Waals surface area contributed by atoms with E-state index < -0.39 is 0 Å². The molecular weight excluding hydrogens is 997 g/mol. The van der Waals surface area contributed by atoms with Gasteiger partial charge in [-0.2, -0.15) is 0 Å². The molecule has 370 valence electrons. The second kappa shape index (κ2) is 22.4. The van der Waals surface area contributed by atoms with Crippen molar-refractivity contribution in [1.82, 2.24) is 30.2 Å². The highest BCUT2D eigenvalue weighted by atomic mass is 79.9. The van der Waals surface area contributed by atoms with Crippen molar-refractivity contribution in [2.24, 2.45) is 0 Å². The van der Waals surface area contributed by atoms with Crippen LogP contribution in [0.1, 0.15) is 38.2 Å². The molecule has 6 aromatic carbocycles. The molecule has 2 aliphatic heterocycles. The number of aromatic hydroxyl groups is 4. The second-order valence-electron chi connectivity index (χ2n) is 18.0. The number of halogens is 1. The number of hydrogen-bond donors (Lipinski definition) is 7. The SMILES string of the molecule is Br.O=Cc1ccc(-c2nc3cc[nH]c(=O)c3cc2-c2ccccc2)cc1.O=c1[nH]ccc2nc(-c3ccc(CN4CCc5cc(O)c(O)cc5C4)cc3)c(-c3ccccc3)cc12.Oc1cc2c(cc1O)CNCC2. The van der Waals surface area contributed by atoms with Gasteiger partial charge in [0.2, 0.25) is 0 Å². The number of carbonyl (C=O) groups is 1. The number of benzene rings is 6. The first kappa shape index (κ1) is 50.3. The number of nitrogens with one attached hydrogen (secondary N) is 3. The standard InChI is InChI=1S/C30H25N3O3.C21H14N2O2.C9H11NO2.BrH/c34-27-14-22-11-13-33(18-23(22)15-28(27)35)17-19-6-8-21(9-7-19)29-24(20-4-2-1-3-5-20)16-25-26(32-29)10-12-31-30(25)36;24-13-14-6-8-16(9-7-14)20-17(15-4-2-1-3-5-15)12-18-19(23-20)10-11-22-21(18)25;11-8-3-6-1-2-10-5-7(6)4-9(8)12;/h1-10,12,14-16,34-35H,11,13,17-18H2,(H,31,36);1-13H,(H,22,25);3-4,10-12H,1-2,5H2;1H. The Balaban J connectivity index is 0.000000153. The quantitative estimate of drug-likeness (QED) is 0.0591. The van der Waals surface area contributed by atoms with Gasteiger partial charge in [-0.25, -0.2) is 9.97 Å². The van der Waals surface area contributed by atoms with Gasteiger partial charge in [0.25, 0.3) is 11.1 Å². The number of H-pyrrole nitrogens is 2. The van der Waals surface area contributed by atoms with Crippen molar-refractivity contribution < 1.29 is 25.2 Å². The number of phenolic OH excluding ortho intramolecular Hbond substituents is 4. The summed E-state index contributed by atoms with van der Waals surface area (Å²) >= 11 is 0. The number of phenols is 4. The molecule has 4 aromatic heterocycles. The van der Waals surface area contributed by atoms with Crippen molar-refractivity contribution in [3.05, 3.63) is 224 Å². The van der Waals surface area contributed by atoms with E-state index in [1.54, 1.807) is 54.9 Å². The molecule has 12 rings (SSSR count). The lowest BCUT2D eigenvalue weighted by Crippen LogP contribution is -2.29.